The Bertz CT molecular complexity index is 635. The van der Waals surface area contributed by atoms with E-state index in [4.69, 9.17) is 4.74 Å². The van der Waals surface area contributed by atoms with Gasteiger partial charge in [0.1, 0.15) is 5.69 Å². The fourth-order valence-corrected chi connectivity index (χ4v) is 2.91. The van der Waals surface area contributed by atoms with E-state index in [9.17, 15) is 4.79 Å². The van der Waals surface area contributed by atoms with Crippen molar-refractivity contribution < 1.29 is 9.53 Å². The third-order valence-corrected chi connectivity index (χ3v) is 4.13. The number of rotatable bonds is 3. The number of ether oxygens (including phenoxy) is 1. The van der Waals surface area contributed by atoms with Crippen molar-refractivity contribution in [3.63, 3.8) is 0 Å². The number of nitrogens with zero attached hydrogens (tertiary/aromatic N) is 2. The van der Waals surface area contributed by atoms with E-state index >= 15 is 0 Å². The number of nitrogens with one attached hydrogen (secondary N) is 1. The molecule has 1 aromatic carbocycles. The van der Waals surface area contributed by atoms with Crippen LogP contribution in [0.2, 0.25) is 0 Å². The van der Waals surface area contributed by atoms with Crippen LogP contribution in [0.5, 0.6) is 0 Å². The van der Waals surface area contributed by atoms with Gasteiger partial charge in [0.25, 0.3) is 5.91 Å². The van der Waals surface area contributed by atoms with Crippen LogP contribution in [-0.4, -0.2) is 37.2 Å². The molecule has 110 valence electrons. The summed E-state index contributed by atoms with van der Waals surface area (Å²) in [5, 5.41) is 5.63. The fraction of sp³-hybridized carbons (Fsp3) is 0.333. The van der Waals surface area contributed by atoms with Gasteiger partial charge in [-0.2, -0.15) is 0 Å². The molecule has 21 heavy (non-hydrogen) atoms. The molecule has 0 unspecified atom stereocenters. The predicted molar refractivity (Wildman–Crippen MR) is 84.3 cm³/mol. The molecule has 0 aliphatic carbocycles. The highest BCUT2D eigenvalue weighted by molar-refractivity contribution is 7.09. The molecule has 0 saturated carbocycles. The van der Waals surface area contributed by atoms with Gasteiger partial charge in [-0.15, -0.1) is 11.3 Å². The first-order valence-corrected chi connectivity index (χ1v) is 7.77. The Balaban J connectivity index is 1.80. The van der Waals surface area contributed by atoms with Crippen LogP contribution in [0, 0.1) is 6.92 Å². The smallest absolute Gasteiger partial charge is 0.275 e. The van der Waals surface area contributed by atoms with Crippen molar-refractivity contribution in [2.75, 3.05) is 36.5 Å². The monoisotopic (exact) mass is 303 g/mol. The Hall–Kier alpha value is -1.92. The second-order valence-electron chi connectivity index (χ2n) is 4.82. The Morgan fingerprint density at radius 2 is 2.10 bits per heavy atom. The molecule has 1 aliphatic heterocycles. The molecule has 0 radical (unpaired) electrons. The zero-order valence-corrected chi connectivity index (χ0v) is 12.7. The Labute approximate surface area is 127 Å². The standard InChI is InChI=1S/C15H17N3O2S/c1-11-16-13(10-21-11)15(19)17-12-4-2-3-5-14(12)18-6-8-20-9-7-18/h2-5,10H,6-9H2,1H3,(H,17,19). The molecular weight excluding hydrogens is 286 g/mol. The summed E-state index contributed by atoms with van der Waals surface area (Å²) in [5.74, 6) is -0.167. The molecule has 0 atom stereocenters. The van der Waals surface area contributed by atoms with E-state index in [1.807, 2.05) is 31.2 Å². The number of hydrogen-bond donors (Lipinski definition) is 1. The molecule has 2 heterocycles. The van der Waals surface area contributed by atoms with Gasteiger partial charge in [-0.05, 0) is 19.1 Å². The summed E-state index contributed by atoms with van der Waals surface area (Å²) < 4.78 is 5.38. The van der Waals surface area contributed by atoms with Crippen molar-refractivity contribution in [1.29, 1.82) is 0 Å². The molecule has 0 bridgehead atoms. The maximum Gasteiger partial charge on any atom is 0.275 e. The van der Waals surface area contributed by atoms with Gasteiger partial charge in [-0.1, -0.05) is 12.1 Å². The minimum absolute atomic E-state index is 0.167. The number of aromatic nitrogens is 1. The molecular formula is C15H17N3O2S. The Morgan fingerprint density at radius 3 is 2.81 bits per heavy atom. The summed E-state index contributed by atoms with van der Waals surface area (Å²) in [6.07, 6.45) is 0. The van der Waals surface area contributed by atoms with Gasteiger partial charge in [0.05, 0.1) is 29.6 Å². The molecule has 1 saturated heterocycles. The van der Waals surface area contributed by atoms with Crippen LogP contribution in [-0.2, 0) is 4.74 Å². The van der Waals surface area contributed by atoms with Crippen molar-refractivity contribution in [2.45, 2.75) is 6.92 Å². The third-order valence-electron chi connectivity index (χ3n) is 3.36. The second-order valence-corrected chi connectivity index (χ2v) is 5.88. The third kappa shape index (κ3) is 3.22. The average molecular weight is 303 g/mol. The van der Waals surface area contributed by atoms with Crippen molar-refractivity contribution in [1.82, 2.24) is 4.98 Å². The van der Waals surface area contributed by atoms with Crippen molar-refractivity contribution >= 4 is 28.6 Å². The summed E-state index contributed by atoms with van der Waals surface area (Å²) in [5.41, 5.74) is 2.31. The van der Waals surface area contributed by atoms with Gasteiger partial charge in [0, 0.05) is 18.5 Å². The van der Waals surface area contributed by atoms with Gasteiger partial charge in [0.15, 0.2) is 0 Å². The number of carbonyl (C=O) groups is 1. The molecule has 1 aliphatic rings. The van der Waals surface area contributed by atoms with E-state index < -0.39 is 0 Å². The van der Waals surface area contributed by atoms with Crippen LogP contribution < -0.4 is 10.2 Å². The van der Waals surface area contributed by atoms with Crippen LogP contribution in [0.4, 0.5) is 11.4 Å². The number of amides is 1. The molecule has 5 nitrogen and oxygen atoms in total. The Morgan fingerprint density at radius 1 is 1.33 bits per heavy atom. The van der Waals surface area contributed by atoms with Gasteiger partial charge in [-0.3, -0.25) is 4.79 Å². The lowest BCUT2D eigenvalue weighted by Crippen LogP contribution is -2.36. The molecule has 1 fully saturated rings. The number of carbonyl (C=O) groups excluding carboxylic acids is 1. The Kier molecular flexibility index (Phi) is 4.17. The molecule has 3 rings (SSSR count). The van der Waals surface area contributed by atoms with E-state index in [-0.39, 0.29) is 5.91 Å². The van der Waals surface area contributed by atoms with E-state index in [1.54, 1.807) is 5.38 Å². The van der Waals surface area contributed by atoms with Gasteiger partial charge < -0.3 is 15.0 Å². The highest BCUT2D eigenvalue weighted by Crippen LogP contribution is 2.26. The predicted octanol–water partition coefficient (Wildman–Crippen LogP) is 2.54. The van der Waals surface area contributed by atoms with E-state index in [0.717, 1.165) is 29.5 Å². The molecule has 1 N–H and O–H groups in total. The quantitative estimate of drug-likeness (QED) is 0.947. The van der Waals surface area contributed by atoms with Crippen LogP contribution in [0.3, 0.4) is 0 Å². The summed E-state index contributed by atoms with van der Waals surface area (Å²) in [6, 6.07) is 7.84. The number of para-hydroxylation sites is 2. The van der Waals surface area contributed by atoms with Crippen molar-refractivity contribution in [3.05, 3.63) is 40.3 Å². The maximum absolute atomic E-state index is 12.3. The SMILES string of the molecule is Cc1nc(C(=O)Nc2ccccc2N2CCOCC2)cs1. The van der Waals surface area contributed by atoms with Crippen LogP contribution in [0.25, 0.3) is 0 Å². The minimum atomic E-state index is -0.167. The van der Waals surface area contributed by atoms with Gasteiger partial charge in [-0.25, -0.2) is 4.98 Å². The van der Waals surface area contributed by atoms with E-state index in [1.165, 1.54) is 11.3 Å². The lowest BCUT2D eigenvalue weighted by Gasteiger charge is -2.30. The zero-order chi connectivity index (χ0) is 14.7. The van der Waals surface area contributed by atoms with E-state index in [0.29, 0.717) is 18.9 Å². The average Bonchev–Trinajstić information content (AvgIpc) is 2.95. The first-order valence-electron chi connectivity index (χ1n) is 6.89. The largest absolute Gasteiger partial charge is 0.378 e. The normalized spacial score (nSPS) is 15.0. The lowest BCUT2D eigenvalue weighted by atomic mass is 10.2. The molecule has 6 heteroatoms. The maximum atomic E-state index is 12.3. The number of anilines is 2. The number of morpholine rings is 1. The molecule has 0 spiro atoms. The first-order chi connectivity index (χ1) is 10.2. The zero-order valence-electron chi connectivity index (χ0n) is 11.8. The van der Waals surface area contributed by atoms with Crippen molar-refractivity contribution in [2.24, 2.45) is 0 Å². The topological polar surface area (TPSA) is 54.5 Å². The minimum Gasteiger partial charge on any atom is -0.378 e. The molecule has 1 aromatic heterocycles. The molecule has 2 aromatic rings. The summed E-state index contributed by atoms with van der Waals surface area (Å²) in [6.45, 7) is 5.00. The molecule has 1 amide bonds. The van der Waals surface area contributed by atoms with Crippen LogP contribution >= 0.6 is 11.3 Å². The van der Waals surface area contributed by atoms with Gasteiger partial charge in [0.2, 0.25) is 0 Å². The lowest BCUT2D eigenvalue weighted by molar-refractivity contribution is 0.102. The first kappa shape index (κ1) is 14.0. The summed E-state index contributed by atoms with van der Waals surface area (Å²) >= 11 is 1.48. The van der Waals surface area contributed by atoms with E-state index in [2.05, 4.69) is 15.2 Å². The number of hydrogen-bond acceptors (Lipinski definition) is 5. The van der Waals surface area contributed by atoms with Crippen molar-refractivity contribution in [3.8, 4) is 0 Å². The highest BCUT2D eigenvalue weighted by atomic mass is 32.1. The van der Waals surface area contributed by atoms with Gasteiger partial charge >= 0.3 is 0 Å². The number of thiazole rings is 1. The summed E-state index contributed by atoms with van der Waals surface area (Å²) in [4.78, 5) is 18.7. The fourth-order valence-electron chi connectivity index (χ4n) is 2.31. The second kappa shape index (κ2) is 6.24. The van der Waals surface area contributed by atoms with Crippen LogP contribution in [0.1, 0.15) is 15.5 Å². The highest BCUT2D eigenvalue weighted by Gasteiger charge is 2.17. The summed E-state index contributed by atoms with van der Waals surface area (Å²) in [7, 11) is 0. The number of benzene rings is 1. The van der Waals surface area contributed by atoms with Crippen LogP contribution in [0.15, 0.2) is 29.6 Å². The number of aryl methyl sites for hydroxylation is 1.